The van der Waals surface area contributed by atoms with Gasteiger partial charge in [0.15, 0.2) is 0 Å². The Morgan fingerprint density at radius 3 is 2.72 bits per heavy atom. The van der Waals surface area contributed by atoms with Crippen LogP contribution in [-0.4, -0.2) is 10.9 Å². The van der Waals surface area contributed by atoms with Crippen LogP contribution in [0.25, 0.3) is 0 Å². The SMILES string of the molecule is OC(c1ccc(F)cc1)c1cc2c(s1)CCSC2. The molecule has 3 rings (SSSR count). The monoisotopic (exact) mass is 280 g/mol. The molecule has 0 aliphatic carbocycles. The van der Waals surface area contributed by atoms with E-state index in [-0.39, 0.29) is 5.82 Å². The van der Waals surface area contributed by atoms with Crippen molar-refractivity contribution in [1.82, 2.24) is 0 Å². The number of aliphatic hydroxyl groups is 1. The van der Waals surface area contributed by atoms with E-state index in [1.54, 1.807) is 23.5 Å². The second kappa shape index (κ2) is 5.03. The van der Waals surface area contributed by atoms with E-state index < -0.39 is 6.10 Å². The van der Waals surface area contributed by atoms with Crippen molar-refractivity contribution in [3.8, 4) is 0 Å². The highest BCUT2D eigenvalue weighted by Gasteiger charge is 2.18. The lowest BCUT2D eigenvalue weighted by molar-refractivity contribution is 0.224. The number of rotatable bonds is 2. The van der Waals surface area contributed by atoms with E-state index in [1.165, 1.54) is 28.3 Å². The number of thiophene rings is 1. The molecule has 0 saturated heterocycles. The van der Waals surface area contributed by atoms with Crippen molar-refractivity contribution in [1.29, 1.82) is 0 Å². The molecule has 94 valence electrons. The standard InChI is InChI=1S/C14H13FOS2/c15-11-3-1-9(2-4-11)14(16)13-7-10-8-17-6-5-12(10)18-13/h1-4,7,14,16H,5-6,8H2. The van der Waals surface area contributed by atoms with Crippen LogP contribution in [0, 0.1) is 5.82 Å². The topological polar surface area (TPSA) is 20.2 Å². The molecular weight excluding hydrogens is 267 g/mol. The van der Waals surface area contributed by atoms with Crippen LogP contribution in [0.15, 0.2) is 30.3 Å². The van der Waals surface area contributed by atoms with Crippen LogP contribution >= 0.6 is 23.1 Å². The van der Waals surface area contributed by atoms with Gasteiger partial charge in [0.05, 0.1) is 0 Å². The van der Waals surface area contributed by atoms with Crippen molar-refractivity contribution in [3.63, 3.8) is 0 Å². The maximum absolute atomic E-state index is 12.9. The third-order valence-corrected chi connectivity index (χ3v) is 5.40. The summed E-state index contributed by atoms with van der Waals surface area (Å²) in [7, 11) is 0. The van der Waals surface area contributed by atoms with Gasteiger partial charge in [-0.3, -0.25) is 0 Å². The number of halogens is 1. The Labute approximate surface area is 114 Å². The summed E-state index contributed by atoms with van der Waals surface area (Å²) < 4.78 is 12.9. The van der Waals surface area contributed by atoms with Gasteiger partial charge < -0.3 is 5.11 Å². The molecule has 4 heteroatoms. The predicted molar refractivity (Wildman–Crippen MR) is 74.6 cm³/mol. The zero-order valence-electron chi connectivity index (χ0n) is 9.73. The molecule has 1 aromatic heterocycles. The van der Waals surface area contributed by atoms with Gasteiger partial charge in [0, 0.05) is 15.5 Å². The first kappa shape index (κ1) is 12.2. The minimum atomic E-state index is -0.633. The van der Waals surface area contributed by atoms with Crippen LogP contribution in [-0.2, 0) is 12.2 Å². The zero-order valence-corrected chi connectivity index (χ0v) is 11.4. The smallest absolute Gasteiger partial charge is 0.123 e. The van der Waals surface area contributed by atoms with Gasteiger partial charge in [-0.15, -0.1) is 11.3 Å². The molecule has 1 aliphatic heterocycles. The van der Waals surface area contributed by atoms with Crippen molar-refractivity contribution in [2.45, 2.75) is 18.3 Å². The lowest BCUT2D eigenvalue weighted by Crippen LogP contribution is -1.97. The lowest BCUT2D eigenvalue weighted by Gasteiger charge is -2.08. The second-order valence-corrected chi connectivity index (χ2v) is 6.63. The van der Waals surface area contributed by atoms with Crippen LogP contribution in [0.1, 0.15) is 27.0 Å². The van der Waals surface area contributed by atoms with Gasteiger partial charge in [-0.05, 0) is 41.5 Å². The quantitative estimate of drug-likeness (QED) is 0.904. The summed E-state index contributed by atoms with van der Waals surface area (Å²) in [6, 6.07) is 8.17. The third-order valence-electron chi connectivity index (χ3n) is 3.10. The van der Waals surface area contributed by atoms with Gasteiger partial charge in [-0.25, -0.2) is 4.39 Å². The molecule has 0 spiro atoms. The average Bonchev–Trinajstić information content (AvgIpc) is 2.82. The molecule has 1 unspecified atom stereocenters. The third kappa shape index (κ3) is 2.32. The maximum Gasteiger partial charge on any atom is 0.123 e. The van der Waals surface area contributed by atoms with E-state index in [4.69, 9.17) is 0 Å². The first-order chi connectivity index (χ1) is 8.74. The highest BCUT2D eigenvalue weighted by atomic mass is 32.2. The van der Waals surface area contributed by atoms with Crippen LogP contribution in [0.2, 0.25) is 0 Å². The minimum Gasteiger partial charge on any atom is -0.383 e. The van der Waals surface area contributed by atoms with Crippen LogP contribution < -0.4 is 0 Å². The molecule has 1 aliphatic rings. The molecule has 0 saturated carbocycles. The summed E-state index contributed by atoms with van der Waals surface area (Å²) in [5.74, 6) is 1.94. The number of thioether (sulfide) groups is 1. The van der Waals surface area contributed by atoms with Crippen LogP contribution in [0.5, 0.6) is 0 Å². The average molecular weight is 280 g/mol. The van der Waals surface area contributed by atoms with E-state index in [9.17, 15) is 9.50 Å². The van der Waals surface area contributed by atoms with E-state index in [1.807, 2.05) is 11.8 Å². The predicted octanol–water partition coefficient (Wildman–Crippen LogP) is 3.76. The van der Waals surface area contributed by atoms with Crippen molar-refractivity contribution in [3.05, 3.63) is 57.0 Å². The maximum atomic E-state index is 12.9. The summed E-state index contributed by atoms with van der Waals surface area (Å²) in [6.45, 7) is 0. The fourth-order valence-corrected chi connectivity index (χ4v) is 4.50. The second-order valence-electron chi connectivity index (χ2n) is 4.35. The van der Waals surface area contributed by atoms with Gasteiger partial charge >= 0.3 is 0 Å². The number of aryl methyl sites for hydroxylation is 1. The molecule has 0 radical (unpaired) electrons. The normalized spacial score (nSPS) is 16.3. The zero-order chi connectivity index (χ0) is 12.5. The molecule has 1 N–H and O–H groups in total. The van der Waals surface area contributed by atoms with Crippen molar-refractivity contribution >= 4 is 23.1 Å². The minimum absolute atomic E-state index is 0.271. The van der Waals surface area contributed by atoms with Gasteiger partial charge in [0.25, 0.3) is 0 Å². The van der Waals surface area contributed by atoms with E-state index in [0.29, 0.717) is 0 Å². The molecule has 0 fully saturated rings. The molecule has 0 amide bonds. The fraction of sp³-hybridized carbons (Fsp3) is 0.286. The Hall–Kier alpha value is -0.840. The largest absolute Gasteiger partial charge is 0.383 e. The Morgan fingerprint density at radius 2 is 2.00 bits per heavy atom. The summed E-state index contributed by atoms with van der Waals surface area (Å²) in [6.07, 6.45) is 0.465. The first-order valence-electron chi connectivity index (χ1n) is 5.87. The van der Waals surface area contributed by atoms with Gasteiger partial charge in [-0.1, -0.05) is 12.1 Å². The Balaban J connectivity index is 1.89. The number of hydrogen-bond donors (Lipinski definition) is 1. The van der Waals surface area contributed by atoms with Gasteiger partial charge in [0.2, 0.25) is 0 Å². The Bertz CT molecular complexity index is 524. The molecule has 18 heavy (non-hydrogen) atoms. The van der Waals surface area contributed by atoms with Crippen LogP contribution in [0.4, 0.5) is 4.39 Å². The van der Waals surface area contributed by atoms with Crippen molar-refractivity contribution in [2.75, 3.05) is 5.75 Å². The highest BCUT2D eigenvalue weighted by Crippen LogP contribution is 2.36. The molecule has 2 heterocycles. The summed E-state index contributed by atoms with van der Waals surface area (Å²) in [4.78, 5) is 2.36. The fourth-order valence-electron chi connectivity index (χ4n) is 2.11. The number of fused-ring (bicyclic) bond motifs is 1. The molecular formula is C14H13FOS2. The Kier molecular flexibility index (Phi) is 3.41. The van der Waals surface area contributed by atoms with E-state index >= 15 is 0 Å². The van der Waals surface area contributed by atoms with Gasteiger partial charge in [-0.2, -0.15) is 11.8 Å². The molecule has 1 aromatic carbocycles. The van der Waals surface area contributed by atoms with E-state index in [2.05, 4.69) is 6.07 Å². The highest BCUT2D eigenvalue weighted by molar-refractivity contribution is 7.98. The molecule has 0 bridgehead atoms. The summed E-state index contributed by atoms with van der Waals surface area (Å²) in [5, 5.41) is 10.3. The molecule has 1 atom stereocenters. The van der Waals surface area contributed by atoms with Crippen molar-refractivity contribution in [2.24, 2.45) is 0 Å². The first-order valence-corrected chi connectivity index (χ1v) is 7.84. The number of hydrogen-bond acceptors (Lipinski definition) is 3. The van der Waals surface area contributed by atoms with E-state index in [0.717, 1.165) is 22.6 Å². The molecule has 2 aromatic rings. The van der Waals surface area contributed by atoms with Gasteiger partial charge in [0.1, 0.15) is 11.9 Å². The molecule has 1 nitrogen and oxygen atoms in total. The summed E-state index contributed by atoms with van der Waals surface area (Å²) >= 11 is 3.62. The Morgan fingerprint density at radius 1 is 1.22 bits per heavy atom. The number of benzene rings is 1. The van der Waals surface area contributed by atoms with Crippen LogP contribution in [0.3, 0.4) is 0 Å². The van der Waals surface area contributed by atoms with Crippen molar-refractivity contribution < 1.29 is 9.50 Å². The summed E-state index contributed by atoms with van der Waals surface area (Å²) in [5.41, 5.74) is 2.11. The number of aliphatic hydroxyl groups excluding tert-OH is 1. The lowest BCUT2D eigenvalue weighted by atomic mass is 10.1.